The Morgan fingerprint density at radius 2 is 2.22 bits per heavy atom. The van der Waals surface area contributed by atoms with Crippen LogP contribution in [-0.4, -0.2) is 22.0 Å². The average molecular weight is 268 g/mol. The van der Waals surface area contributed by atoms with Crippen LogP contribution in [-0.2, 0) is 16.1 Å². The van der Waals surface area contributed by atoms with Gasteiger partial charge < -0.3 is 10.4 Å². The number of carboxylic acids is 1. The standard InChI is InChI=1S/C12H16N2O3S/c15-11(13-5-10-6-18-7-14-10)8-2-1-3-9(4-8)12(16)17/h6-9H,1-5H2,(H,13,15)(H,16,17). The van der Waals surface area contributed by atoms with Gasteiger partial charge in [0.25, 0.3) is 0 Å². The molecule has 2 unspecified atom stereocenters. The van der Waals surface area contributed by atoms with E-state index in [0.29, 0.717) is 19.4 Å². The maximum atomic E-state index is 11.9. The summed E-state index contributed by atoms with van der Waals surface area (Å²) in [6.07, 6.45) is 2.74. The van der Waals surface area contributed by atoms with Gasteiger partial charge in [0, 0.05) is 11.3 Å². The normalized spacial score (nSPS) is 23.6. The fraction of sp³-hybridized carbons (Fsp3) is 0.583. The van der Waals surface area contributed by atoms with Crippen LogP contribution in [0.5, 0.6) is 0 Å². The zero-order valence-electron chi connectivity index (χ0n) is 9.96. The minimum Gasteiger partial charge on any atom is -0.481 e. The van der Waals surface area contributed by atoms with Gasteiger partial charge in [0.05, 0.1) is 23.7 Å². The van der Waals surface area contributed by atoms with Crippen molar-refractivity contribution in [3.8, 4) is 0 Å². The van der Waals surface area contributed by atoms with Gasteiger partial charge in [-0.05, 0) is 19.3 Å². The molecule has 0 aromatic carbocycles. The number of carbonyl (C=O) groups is 2. The molecule has 2 N–H and O–H groups in total. The molecule has 0 radical (unpaired) electrons. The van der Waals surface area contributed by atoms with E-state index in [9.17, 15) is 9.59 Å². The summed E-state index contributed by atoms with van der Waals surface area (Å²) in [5.74, 6) is -1.37. The monoisotopic (exact) mass is 268 g/mol. The van der Waals surface area contributed by atoms with Gasteiger partial charge in [0.15, 0.2) is 0 Å². The SMILES string of the molecule is O=C(O)C1CCCC(C(=O)NCc2cscn2)C1. The number of hydrogen-bond acceptors (Lipinski definition) is 4. The largest absolute Gasteiger partial charge is 0.481 e. The van der Waals surface area contributed by atoms with Crippen molar-refractivity contribution in [2.45, 2.75) is 32.2 Å². The molecule has 0 saturated heterocycles. The molecule has 6 heteroatoms. The molecule has 98 valence electrons. The second kappa shape index (κ2) is 5.95. The predicted molar refractivity (Wildman–Crippen MR) is 67.0 cm³/mol. The van der Waals surface area contributed by atoms with Crippen LogP contribution in [0.25, 0.3) is 0 Å². The molecule has 1 heterocycles. The van der Waals surface area contributed by atoms with E-state index in [-0.39, 0.29) is 17.7 Å². The van der Waals surface area contributed by atoms with Crippen molar-refractivity contribution in [1.29, 1.82) is 0 Å². The Morgan fingerprint density at radius 1 is 1.44 bits per heavy atom. The van der Waals surface area contributed by atoms with E-state index in [1.807, 2.05) is 5.38 Å². The third-order valence-electron chi connectivity index (χ3n) is 3.32. The van der Waals surface area contributed by atoms with Crippen LogP contribution in [0.2, 0.25) is 0 Å². The Hall–Kier alpha value is -1.43. The zero-order chi connectivity index (χ0) is 13.0. The molecule has 1 aliphatic carbocycles. The van der Waals surface area contributed by atoms with Crippen LogP contribution in [0.4, 0.5) is 0 Å². The number of thiazole rings is 1. The molecule has 1 aromatic heterocycles. The molecular formula is C12H16N2O3S. The van der Waals surface area contributed by atoms with Gasteiger partial charge in [-0.15, -0.1) is 11.3 Å². The third-order valence-corrected chi connectivity index (χ3v) is 3.96. The van der Waals surface area contributed by atoms with Crippen molar-refractivity contribution in [1.82, 2.24) is 10.3 Å². The second-order valence-electron chi connectivity index (χ2n) is 4.60. The highest BCUT2D eigenvalue weighted by atomic mass is 32.1. The van der Waals surface area contributed by atoms with E-state index < -0.39 is 5.97 Å². The highest BCUT2D eigenvalue weighted by molar-refractivity contribution is 7.07. The summed E-state index contributed by atoms with van der Waals surface area (Å²) in [7, 11) is 0. The fourth-order valence-electron chi connectivity index (χ4n) is 2.30. The third kappa shape index (κ3) is 3.29. The molecule has 0 bridgehead atoms. The number of carbonyl (C=O) groups excluding carboxylic acids is 1. The number of nitrogens with one attached hydrogen (secondary N) is 1. The number of rotatable bonds is 4. The summed E-state index contributed by atoms with van der Waals surface area (Å²) < 4.78 is 0. The van der Waals surface area contributed by atoms with Gasteiger partial charge in [-0.2, -0.15) is 0 Å². The van der Waals surface area contributed by atoms with Gasteiger partial charge in [-0.3, -0.25) is 9.59 Å². The van der Waals surface area contributed by atoms with Crippen LogP contribution in [0.3, 0.4) is 0 Å². The molecule has 2 atom stereocenters. The smallest absolute Gasteiger partial charge is 0.306 e. The van der Waals surface area contributed by atoms with Gasteiger partial charge in [0.2, 0.25) is 5.91 Å². The molecule has 2 rings (SSSR count). The van der Waals surface area contributed by atoms with E-state index >= 15 is 0 Å². The van der Waals surface area contributed by atoms with Crippen LogP contribution in [0, 0.1) is 11.8 Å². The van der Waals surface area contributed by atoms with Crippen molar-refractivity contribution >= 4 is 23.2 Å². The summed E-state index contributed by atoms with van der Waals surface area (Å²) in [6.45, 7) is 0.427. The first-order valence-electron chi connectivity index (χ1n) is 6.04. The molecular weight excluding hydrogens is 252 g/mol. The maximum absolute atomic E-state index is 11.9. The highest BCUT2D eigenvalue weighted by Crippen LogP contribution is 2.29. The molecule has 5 nitrogen and oxygen atoms in total. The van der Waals surface area contributed by atoms with E-state index in [4.69, 9.17) is 5.11 Å². The fourth-order valence-corrected chi connectivity index (χ4v) is 2.86. The van der Waals surface area contributed by atoms with Gasteiger partial charge >= 0.3 is 5.97 Å². The lowest BCUT2D eigenvalue weighted by molar-refractivity contribution is -0.144. The number of aliphatic carboxylic acids is 1. The highest BCUT2D eigenvalue weighted by Gasteiger charge is 2.30. The minimum atomic E-state index is -0.785. The summed E-state index contributed by atoms with van der Waals surface area (Å²) in [5.41, 5.74) is 2.57. The predicted octanol–water partition coefficient (Wildman–Crippen LogP) is 1.65. The van der Waals surface area contributed by atoms with Gasteiger partial charge in [0.1, 0.15) is 0 Å². The lowest BCUT2D eigenvalue weighted by Gasteiger charge is -2.25. The molecule has 0 spiro atoms. The summed E-state index contributed by atoms with van der Waals surface area (Å²) in [4.78, 5) is 26.9. The van der Waals surface area contributed by atoms with Crippen molar-refractivity contribution in [3.05, 3.63) is 16.6 Å². The lowest BCUT2D eigenvalue weighted by Crippen LogP contribution is -2.35. The first-order valence-corrected chi connectivity index (χ1v) is 6.98. The number of hydrogen-bond donors (Lipinski definition) is 2. The van der Waals surface area contributed by atoms with Crippen molar-refractivity contribution < 1.29 is 14.7 Å². The molecule has 1 amide bonds. The Morgan fingerprint density at radius 3 is 2.89 bits per heavy atom. The summed E-state index contributed by atoms with van der Waals surface area (Å²) >= 11 is 1.49. The number of amides is 1. The van der Waals surface area contributed by atoms with Crippen LogP contribution in [0.15, 0.2) is 10.9 Å². The van der Waals surface area contributed by atoms with Crippen molar-refractivity contribution in [3.63, 3.8) is 0 Å². The van der Waals surface area contributed by atoms with E-state index in [1.54, 1.807) is 5.51 Å². The topological polar surface area (TPSA) is 79.3 Å². The quantitative estimate of drug-likeness (QED) is 0.870. The first-order chi connectivity index (χ1) is 8.66. The zero-order valence-corrected chi connectivity index (χ0v) is 10.8. The maximum Gasteiger partial charge on any atom is 0.306 e. The van der Waals surface area contributed by atoms with Gasteiger partial charge in [-0.25, -0.2) is 4.98 Å². The summed E-state index contributed by atoms with van der Waals surface area (Å²) in [6, 6.07) is 0. The Balaban J connectivity index is 1.83. The average Bonchev–Trinajstić information content (AvgIpc) is 2.89. The Kier molecular flexibility index (Phi) is 4.30. The van der Waals surface area contributed by atoms with E-state index in [0.717, 1.165) is 18.5 Å². The molecule has 1 aromatic rings. The molecule has 0 aliphatic heterocycles. The van der Waals surface area contributed by atoms with Crippen LogP contribution in [0.1, 0.15) is 31.4 Å². The number of carboxylic acid groups (broad SMARTS) is 1. The van der Waals surface area contributed by atoms with Gasteiger partial charge in [-0.1, -0.05) is 6.42 Å². The minimum absolute atomic E-state index is 0.0473. The molecule has 1 aliphatic rings. The van der Waals surface area contributed by atoms with Crippen molar-refractivity contribution in [2.75, 3.05) is 0 Å². The molecule has 1 fully saturated rings. The number of aromatic nitrogens is 1. The number of nitrogens with zero attached hydrogens (tertiary/aromatic N) is 1. The second-order valence-corrected chi connectivity index (χ2v) is 5.31. The first kappa shape index (κ1) is 13.0. The van der Waals surface area contributed by atoms with Crippen molar-refractivity contribution in [2.24, 2.45) is 11.8 Å². The van der Waals surface area contributed by atoms with E-state index in [2.05, 4.69) is 10.3 Å². The summed E-state index contributed by atoms with van der Waals surface area (Å²) in [5, 5.41) is 13.7. The van der Waals surface area contributed by atoms with Crippen LogP contribution < -0.4 is 5.32 Å². The van der Waals surface area contributed by atoms with E-state index in [1.165, 1.54) is 11.3 Å². The Labute approximate surface area is 109 Å². The lowest BCUT2D eigenvalue weighted by atomic mass is 9.81. The molecule has 18 heavy (non-hydrogen) atoms. The molecule has 1 saturated carbocycles. The van der Waals surface area contributed by atoms with Crippen LogP contribution >= 0.6 is 11.3 Å². The Bertz CT molecular complexity index is 419.